The highest BCUT2D eigenvalue weighted by molar-refractivity contribution is 7.89. The van der Waals surface area contributed by atoms with Crippen LogP contribution in [0.15, 0.2) is 23.1 Å². The van der Waals surface area contributed by atoms with Crippen molar-refractivity contribution in [3.05, 3.63) is 23.8 Å². The first kappa shape index (κ1) is 19.7. The Morgan fingerprint density at radius 3 is 2.60 bits per heavy atom. The van der Waals surface area contributed by atoms with Crippen molar-refractivity contribution < 1.29 is 17.9 Å². The standard InChI is InChI=1S/C17H27N3O4S/c1-12(18-2)11-19-17(21)13-8-9-15(24-3)16(10-13)25(22,23)20-14-6-4-5-7-14/h8-10,12,14,18,20H,4-7,11H2,1-3H3,(H,19,21). The summed E-state index contributed by atoms with van der Waals surface area (Å²) in [5, 5.41) is 5.81. The molecule has 1 fully saturated rings. The van der Waals surface area contributed by atoms with Crippen LogP contribution in [0.25, 0.3) is 0 Å². The second-order valence-corrected chi connectivity index (χ2v) is 8.05. The van der Waals surface area contributed by atoms with Gasteiger partial charge in [-0.1, -0.05) is 12.8 Å². The molecule has 0 aromatic heterocycles. The summed E-state index contributed by atoms with van der Waals surface area (Å²) in [4.78, 5) is 12.3. The number of sulfonamides is 1. The highest BCUT2D eigenvalue weighted by Crippen LogP contribution is 2.27. The fourth-order valence-corrected chi connectivity index (χ4v) is 4.30. The summed E-state index contributed by atoms with van der Waals surface area (Å²) in [6, 6.07) is 4.51. The lowest BCUT2D eigenvalue weighted by molar-refractivity contribution is 0.0950. The van der Waals surface area contributed by atoms with Gasteiger partial charge in [0, 0.05) is 24.2 Å². The molecular weight excluding hydrogens is 342 g/mol. The quantitative estimate of drug-likeness (QED) is 0.641. The summed E-state index contributed by atoms with van der Waals surface area (Å²) in [6.45, 7) is 2.39. The zero-order chi connectivity index (χ0) is 18.4. The first-order chi connectivity index (χ1) is 11.9. The van der Waals surface area contributed by atoms with Crippen LogP contribution in [0.2, 0.25) is 0 Å². The van der Waals surface area contributed by atoms with Gasteiger partial charge in [-0.25, -0.2) is 13.1 Å². The average Bonchev–Trinajstić information content (AvgIpc) is 3.10. The normalized spacial score (nSPS) is 16.6. The molecule has 0 bridgehead atoms. The average molecular weight is 369 g/mol. The van der Waals surface area contributed by atoms with E-state index in [0.29, 0.717) is 6.54 Å². The van der Waals surface area contributed by atoms with Crippen LogP contribution in [0.4, 0.5) is 0 Å². The Labute approximate surface area is 149 Å². The summed E-state index contributed by atoms with van der Waals surface area (Å²) in [5.41, 5.74) is 0.288. The third kappa shape index (κ3) is 5.17. The SMILES string of the molecule is CNC(C)CNC(=O)c1ccc(OC)c(S(=O)(=O)NC2CCCC2)c1. The fourth-order valence-electron chi connectivity index (χ4n) is 2.80. The molecule has 7 nitrogen and oxygen atoms in total. The molecule has 0 aliphatic heterocycles. The minimum atomic E-state index is -3.75. The molecule has 1 amide bonds. The maximum absolute atomic E-state index is 12.7. The number of hydrogen-bond donors (Lipinski definition) is 3. The van der Waals surface area contributed by atoms with Gasteiger partial charge in [0.2, 0.25) is 10.0 Å². The van der Waals surface area contributed by atoms with Gasteiger partial charge in [-0.3, -0.25) is 4.79 Å². The van der Waals surface area contributed by atoms with Crippen LogP contribution in [0, 0.1) is 0 Å². The monoisotopic (exact) mass is 369 g/mol. The van der Waals surface area contributed by atoms with Gasteiger partial charge < -0.3 is 15.4 Å². The smallest absolute Gasteiger partial charge is 0.251 e. The van der Waals surface area contributed by atoms with Crippen LogP contribution < -0.4 is 20.1 Å². The number of nitrogens with one attached hydrogen (secondary N) is 3. The molecule has 2 rings (SSSR count). The number of hydrogen-bond acceptors (Lipinski definition) is 5. The summed E-state index contributed by atoms with van der Waals surface area (Å²) >= 11 is 0. The summed E-state index contributed by atoms with van der Waals surface area (Å²) in [6.07, 6.45) is 3.72. The van der Waals surface area contributed by atoms with Crippen molar-refractivity contribution in [2.75, 3.05) is 20.7 Å². The molecule has 3 N–H and O–H groups in total. The van der Waals surface area contributed by atoms with E-state index in [-0.39, 0.29) is 34.2 Å². The van der Waals surface area contributed by atoms with E-state index < -0.39 is 10.0 Å². The molecule has 1 aliphatic rings. The predicted molar refractivity (Wildman–Crippen MR) is 96.4 cm³/mol. The molecule has 1 aromatic rings. The zero-order valence-corrected chi connectivity index (χ0v) is 15.8. The minimum Gasteiger partial charge on any atom is -0.495 e. The van der Waals surface area contributed by atoms with E-state index in [9.17, 15) is 13.2 Å². The molecule has 1 unspecified atom stereocenters. The molecule has 140 valence electrons. The van der Waals surface area contributed by atoms with Crippen LogP contribution >= 0.6 is 0 Å². The largest absolute Gasteiger partial charge is 0.495 e. The summed E-state index contributed by atoms with van der Waals surface area (Å²) in [7, 11) is -0.522. The van der Waals surface area contributed by atoms with Crippen molar-refractivity contribution in [3.63, 3.8) is 0 Å². The van der Waals surface area contributed by atoms with Crippen LogP contribution in [-0.2, 0) is 10.0 Å². The van der Waals surface area contributed by atoms with Crippen LogP contribution in [-0.4, -0.2) is 47.1 Å². The Morgan fingerprint density at radius 2 is 2.00 bits per heavy atom. The Bertz CT molecular complexity index is 700. The third-order valence-electron chi connectivity index (χ3n) is 4.45. The lowest BCUT2D eigenvalue weighted by Gasteiger charge is -2.16. The predicted octanol–water partition coefficient (Wildman–Crippen LogP) is 1.25. The van der Waals surface area contributed by atoms with Crippen molar-refractivity contribution >= 4 is 15.9 Å². The molecule has 0 saturated heterocycles. The maximum atomic E-state index is 12.7. The fraction of sp³-hybridized carbons (Fsp3) is 0.588. The van der Waals surface area contributed by atoms with Gasteiger partial charge in [0.15, 0.2) is 0 Å². The van der Waals surface area contributed by atoms with Crippen LogP contribution in [0.5, 0.6) is 5.75 Å². The highest BCUT2D eigenvalue weighted by atomic mass is 32.2. The van der Waals surface area contributed by atoms with Gasteiger partial charge in [0.05, 0.1) is 7.11 Å². The molecule has 0 heterocycles. The number of carbonyl (C=O) groups excluding carboxylic acids is 1. The maximum Gasteiger partial charge on any atom is 0.251 e. The van der Waals surface area contributed by atoms with Crippen molar-refractivity contribution in [3.8, 4) is 5.75 Å². The topological polar surface area (TPSA) is 96.5 Å². The molecule has 1 atom stereocenters. The van der Waals surface area contributed by atoms with Gasteiger partial charge in [0.25, 0.3) is 5.91 Å². The first-order valence-corrected chi connectivity index (χ1v) is 10.0. The van der Waals surface area contributed by atoms with Gasteiger partial charge in [-0.2, -0.15) is 0 Å². The molecule has 1 aromatic carbocycles. The van der Waals surface area contributed by atoms with E-state index in [1.165, 1.54) is 19.2 Å². The third-order valence-corrected chi connectivity index (χ3v) is 6.00. The number of likely N-dealkylation sites (N-methyl/N-ethyl adjacent to an activating group) is 1. The van der Waals surface area contributed by atoms with Gasteiger partial charge in [0.1, 0.15) is 10.6 Å². The summed E-state index contributed by atoms with van der Waals surface area (Å²) in [5.74, 6) is -0.0901. The second kappa shape index (κ2) is 8.64. The van der Waals surface area contributed by atoms with Crippen molar-refractivity contribution in [2.45, 2.75) is 49.6 Å². The minimum absolute atomic E-state index is 0.00350. The molecular formula is C17H27N3O4S. The molecule has 25 heavy (non-hydrogen) atoms. The number of benzene rings is 1. The second-order valence-electron chi connectivity index (χ2n) is 6.37. The van der Waals surface area contributed by atoms with Gasteiger partial charge >= 0.3 is 0 Å². The van der Waals surface area contributed by atoms with Crippen molar-refractivity contribution in [1.29, 1.82) is 0 Å². The van der Waals surface area contributed by atoms with E-state index >= 15 is 0 Å². The Hall–Kier alpha value is -1.64. The van der Waals surface area contributed by atoms with E-state index in [4.69, 9.17) is 4.74 Å². The van der Waals surface area contributed by atoms with Crippen LogP contribution in [0.1, 0.15) is 43.0 Å². The van der Waals surface area contributed by atoms with E-state index in [0.717, 1.165) is 25.7 Å². The molecule has 0 spiro atoms. The van der Waals surface area contributed by atoms with Crippen LogP contribution in [0.3, 0.4) is 0 Å². The van der Waals surface area contributed by atoms with Gasteiger partial charge in [-0.05, 0) is 45.0 Å². The summed E-state index contributed by atoms with van der Waals surface area (Å²) < 4.78 is 33.4. The first-order valence-electron chi connectivity index (χ1n) is 8.53. The molecule has 1 aliphatic carbocycles. The zero-order valence-electron chi connectivity index (χ0n) is 15.0. The number of ether oxygens (including phenoxy) is 1. The lowest BCUT2D eigenvalue weighted by Crippen LogP contribution is -2.37. The number of methoxy groups -OCH3 is 1. The number of rotatable bonds is 8. The van der Waals surface area contributed by atoms with E-state index in [1.54, 1.807) is 6.07 Å². The Balaban J connectivity index is 2.22. The Kier molecular flexibility index (Phi) is 6.80. The lowest BCUT2D eigenvalue weighted by atomic mass is 10.2. The highest BCUT2D eigenvalue weighted by Gasteiger charge is 2.26. The van der Waals surface area contributed by atoms with Crippen molar-refractivity contribution in [2.24, 2.45) is 0 Å². The number of carbonyl (C=O) groups is 1. The Morgan fingerprint density at radius 1 is 1.32 bits per heavy atom. The molecule has 0 radical (unpaired) electrons. The van der Waals surface area contributed by atoms with E-state index in [2.05, 4.69) is 15.4 Å². The van der Waals surface area contributed by atoms with Crippen molar-refractivity contribution in [1.82, 2.24) is 15.4 Å². The van der Waals surface area contributed by atoms with E-state index in [1.807, 2.05) is 14.0 Å². The number of amides is 1. The van der Waals surface area contributed by atoms with Gasteiger partial charge in [-0.15, -0.1) is 0 Å². The molecule has 1 saturated carbocycles. The molecule has 8 heteroatoms.